The molecule has 0 aliphatic carbocycles. The standard InChI is InChI=1S/C18H29N/c1-4-12-18(13-6-5-7-14-19-18)17-10-8-16(9-11-17)15(2)3/h8-11,15,19H,4-7,12-14H2,1-3H3. The summed E-state index contributed by atoms with van der Waals surface area (Å²) in [6.07, 6.45) is 7.87. The number of benzene rings is 1. The molecule has 0 aromatic heterocycles. The predicted octanol–water partition coefficient (Wildman–Crippen LogP) is 4.97. The van der Waals surface area contributed by atoms with Crippen molar-refractivity contribution in [3.05, 3.63) is 35.4 Å². The summed E-state index contributed by atoms with van der Waals surface area (Å²) in [5.74, 6) is 0.623. The van der Waals surface area contributed by atoms with Crippen molar-refractivity contribution in [1.29, 1.82) is 0 Å². The fraction of sp³-hybridized carbons (Fsp3) is 0.667. The van der Waals surface area contributed by atoms with E-state index in [1.165, 1.54) is 56.2 Å². The molecule has 0 spiro atoms. The van der Waals surface area contributed by atoms with Crippen molar-refractivity contribution in [2.75, 3.05) is 6.54 Å². The number of hydrogen-bond acceptors (Lipinski definition) is 1. The van der Waals surface area contributed by atoms with E-state index in [0.717, 1.165) is 0 Å². The highest BCUT2D eigenvalue weighted by Gasteiger charge is 2.31. The van der Waals surface area contributed by atoms with Crippen LogP contribution >= 0.6 is 0 Å². The van der Waals surface area contributed by atoms with E-state index in [-0.39, 0.29) is 5.54 Å². The van der Waals surface area contributed by atoms with Gasteiger partial charge in [-0.3, -0.25) is 0 Å². The Morgan fingerprint density at radius 1 is 1.11 bits per heavy atom. The molecule has 0 saturated carbocycles. The van der Waals surface area contributed by atoms with E-state index in [1.54, 1.807) is 0 Å². The third kappa shape index (κ3) is 3.39. The zero-order chi connectivity index (χ0) is 13.7. The second kappa shape index (κ2) is 6.56. The molecule has 1 heteroatoms. The van der Waals surface area contributed by atoms with Crippen LogP contribution in [0.3, 0.4) is 0 Å². The topological polar surface area (TPSA) is 12.0 Å². The third-order valence-corrected chi connectivity index (χ3v) is 4.55. The fourth-order valence-electron chi connectivity index (χ4n) is 3.36. The summed E-state index contributed by atoms with van der Waals surface area (Å²) in [6.45, 7) is 8.00. The van der Waals surface area contributed by atoms with Crippen molar-refractivity contribution < 1.29 is 0 Å². The molecule has 1 saturated heterocycles. The van der Waals surface area contributed by atoms with Gasteiger partial charge in [-0.15, -0.1) is 0 Å². The maximum Gasteiger partial charge on any atom is 0.0434 e. The molecular formula is C18H29N. The van der Waals surface area contributed by atoms with Crippen LogP contribution in [0.5, 0.6) is 0 Å². The first-order valence-electron chi connectivity index (χ1n) is 8.03. The molecule has 1 heterocycles. The fourth-order valence-corrected chi connectivity index (χ4v) is 3.36. The highest BCUT2D eigenvalue weighted by Crippen LogP contribution is 2.34. The van der Waals surface area contributed by atoms with Crippen LogP contribution in [0.4, 0.5) is 0 Å². The zero-order valence-corrected chi connectivity index (χ0v) is 12.8. The van der Waals surface area contributed by atoms with Gasteiger partial charge < -0.3 is 5.32 Å². The van der Waals surface area contributed by atoms with Gasteiger partial charge in [0.1, 0.15) is 0 Å². The maximum atomic E-state index is 3.86. The molecule has 1 atom stereocenters. The lowest BCUT2D eigenvalue weighted by molar-refractivity contribution is 0.297. The Balaban J connectivity index is 2.26. The Kier molecular flexibility index (Phi) is 5.04. The lowest BCUT2D eigenvalue weighted by Gasteiger charge is -2.34. The van der Waals surface area contributed by atoms with E-state index in [9.17, 15) is 0 Å². The highest BCUT2D eigenvalue weighted by atomic mass is 15.0. The van der Waals surface area contributed by atoms with Gasteiger partial charge in [0.05, 0.1) is 0 Å². The van der Waals surface area contributed by atoms with Gasteiger partial charge in [-0.05, 0) is 42.9 Å². The van der Waals surface area contributed by atoms with Gasteiger partial charge in [0.15, 0.2) is 0 Å². The van der Waals surface area contributed by atoms with Crippen LogP contribution in [0, 0.1) is 0 Å². The molecule has 0 radical (unpaired) electrons. The summed E-state index contributed by atoms with van der Waals surface area (Å²) in [4.78, 5) is 0. The van der Waals surface area contributed by atoms with E-state index in [1.807, 2.05) is 0 Å². The van der Waals surface area contributed by atoms with Crippen molar-refractivity contribution in [2.24, 2.45) is 0 Å². The Morgan fingerprint density at radius 3 is 2.47 bits per heavy atom. The lowest BCUT2D eigenvalue weighted by atomic mass is 9.81. The highest BCUT2D eigenvalue weighted by molar-refractivity contribution is 5.30. The first-order valence-corrected chi connectivity index (χ1v) is 8.03. The summed E-state index contributed by atoms with van der Waals surface area (Å²) in [5, 5.41) is 3.86. The monoisotopic (exact) mass is 259 g/mol. The van der Waals surface area contributed by atoms with Crippen LogP contribution in [0.2, 0.25) is 0 Å². The second-order valence-corrected chi connectivity index (χ2v) is 6.35. The largest absolute Gasteiger partial charge is 0.307 e. The van der Waals surface area contributed by atoms with Crippen molar-refractivity contribution in [3.8, 4) is 0 Å². The van der Waals surface area contributed by atoms with Crippen molar-refractivity contribution in [3.63, 3.8) is 0 Å². The maximum absolute atomic E-state index is 3.86. The number of rotatable bonds is 4. The molecule has 1 fully saturated rings. The Hall–Kier alpha value is -0.820. The molecule has 1 aliphatic rings. The SMILES string of the molecule is CCCC1(c2ccc(C(C)C)cc2)CCCCCN1. The third-order valence-electron chi connectivity index (χ3n) is 4.55. The first kappa shape index (κ1) is 14.6. The van der Waals surface area contributed by atoms with Gasteiger partial charge in [-0.2, -0.15) is 0 Å². The summed E-state index contributed by atoms with van der Waals surface area (Å²) in [7, 11) is 0. The molecule has 1 N–H and O–H groups in total. The van der Waals surface area contributed by atoms with E-state index in [4.69, 9.17) is 0 Å². The summed E-state index contributed by atoms with van der Waals surface area (Å²) >= 11 is 0. The van der Waals surface area contributed by atoms with Crippen LogP contribution in [-0.4, -0.2) is 6.54 Å². The molecule has 1 aromatic carbocycles. The van der Waals surface area contributed by atoms with E-state index < -0.39 is 0 Å². The van der Waals surface area contributed by atoms with Crippen LogP contribution < -0.4 is 5.32 Å². The molecular weight excluding hydrogens is 230 g/mol. The van der Waals surface area contributed by atoms with Crippen molar-refractivity contribution in [2.45, 2.75) is 70.8 Å². The Bertz CT molecular complexity index is 369. The Labute approximate surface area is 118 Å². The van der Waals surface area contributed by atoms with Gasteiger partial charge in [0, 0.05) is 5.54 Å². The van der Waals surface area contributed by atoms with E-state index >= 15 is 0 Å². The molecule has 0 amide bonds. The molecule has 1 aromatic rings. The summed E-state index contributed by atoms with van der Waals surface area (Å²) < 4.78 is 0. The normalized spacial score (nSPS) is 24.4. The summed E-state index contributed by atoms with van der Waals surface area (Å²) in [6, 6.07) is 9.38. The van der Waals surface area contributed by atoms with Crippen LogP contribution in [-0.2, 0) is 5.54 Å². The minimum atomic E-state index is 0.237. The minimum absolute atomic E-state index is 0.237. The molecule has 106 valence electrons. The van der Waals surface area contributed by atoms with Gasteiger partial charge >= 0.3 is 0 Å². The zero-order valence-electron chi connectivity index (χ0n) is 12.8. The van der Waals surface area contributed by atoms with Crippen LogP contribution in [0.15, 0.2) is 24.3 Å². The van der Waals surface area contributed by atoms with Gasteiger partial charge in [-0.1, -0.05) is 64.3 Å². The molecule has 19 heavy (non-hydrogen) atoms. The number of nitrogens with one attached hydrogen (secondary N) is 1. The lowest BCUT2D eigenvalue weighted by Crippen LogP contribution is -2.41. The quantitative estimate of drug-likeness (QED) is 0.805. The summed E-state index contributed by atoms with van der Waals surface area (Å²) in [5.41, 5.74) is 3.19. The number of hydrogen-bond donors (Lipinski definition) is 1. The molecule has 2 rings (SSSR count). The van der Waals surface area contributed by atoms with Crippen LogP contribution in [0.1, 0.15) is 76.3 Å². The molecule has 0 bridgehead atoms. The van der Waals surface area contributed by atoms with Gasteiger partial charge in [0.2, 0.25) is 0 Å². The van der Waals surface area contributed by atoms with E-state index in [0.29, 0.717) is 5.92 Å². The predicted molar refractivity (Wildman–Crippen MR) is 83.6 cm³/mol. The average molecular weight is 259 g/mol. The van der Waals surface area contributed by atoms with Crippen molar-refractivity contribution in [1.82, 2.24) is 5.32 Å². The Morgan fingerprint density at radius 2 is 1.84 bits per heavy atom. The smallest absolute Gasteiger partial charge is 0.0434 e. The minimum Gasteiger partial charge on any atom is -0.307 e. The van der Waals surface area contributed by atoms with Gasteiger partial charge in [-0.25, -0.2) is 0 Å². The molecule has 1 aliphatic heterocycles. The van der Waals surface area contributed by atoms with Crippen LogP contribution in [0.25, 0.3) is 0 Å². The van der Waals surface area contributed by atoms with E-state index in [2.05, 4.69) is 50.4 Å². The average Bonchev–Trinajstić information content (AvgIpc) is 2.66. The van der Waals surface area contributed by atoms with Gasteiger partial charge in [0.25, 0.3) is 0 Å². The second-order valence-electron chi connectivity index (χ2n) is 6.35. The molecule has 1 unspecified atom stereocenters. The molecule has 1 nitrogen and oxygen atoms in total. The first-order chi connectivity index (χ1) is 9.18. The van der Waals surface area contributed by atoms with Crippen molar-refractivity contribution >= 4 is 0 Å².